The fraction of sp³-hybridized carbons (Fsp3) is 0.353. The van der Waals surface area contributed by atoms with E-state index in [0.29, 0.717) is 13.1 Å². The number of hydrogen-bond donors (Lipinski definition) is 1. The summed E-state index contributed by atoms with van der Waals surface area (Å²) in [6.07, 6.45) is 3.85. The number of methoxy groups -OCH3 is 1. The molecule has 3 aromatic rings. The van der Waals surface area contributed by atoms with Gasteiger partial charge in [0, 0.05) is 41.7 Å². The topological polar surface area (TPSA) is 76.0 Å². The molecule has 3 heterocycles. The van der Waals surface area contributed by atoms with Gasteiger partial charge in [0.2, 0.25) is 5.91 Å². The monoisotopic (exact) mass is 325 g/mol. The van der Waals surface area contributed by atoms with Gasteiger partial charge in [-0.3, -0.25) is 4.79 Å². The third-order valence-corrected chi connectivity index (χ3v) is 4.68. The number of nitrogens with zero attached hydrogens (tertiary/aromatic N) is 4. The number of benzene rings is 1. The largest absolute Gasteiger partial charge is 0.497 e. The predicted octanol–water partition coefficient (Wildman–Crippen LogP) is 1.91. The smallest absolute Gasteiger partial charge is 0.247 e. The van der Waals surface area contributed by atoms with Gasteiger partial charge in [-0.05, 0) is 25.1 Å². The molecule has 124 valence electrons. The minimum Gasteiger partial charge on any atom is -0.497 e. The van der Waals surface area contributed by atoms with Crippen LogP contribution < -0.4 is 4.74 Å². The lowest BCUT2D eigenvalue weighted by molar-refractivity contribution is -0.135. The normalized spacial score (nSPS) is 15.3. The highest BCUT2D eigenvalue weighted by Crippen LogP contribution is 2.31. The second-order valence-corrected chi connectivity index (χ2v) is 6.05. The molecule has 1 N–H and O–H groups in total. The lowest BCUT2D eigenvalue weighted by Crippen LogP contribution is -2.39. The standard InChI is InChI=1S/C17H19N5O2/c1-11(22-10-18-9-19-22)17(23)21-6-5-16-14(8-21)13-7-12(24-2)3-4-15(13)20-16/h3-4,7,9-11,20H,5-6,8H2,1-2H3/t11-/m0/s1. The average Bonchev–Trinajstić information content (AvgIpc) is 3.27. The highest BCUT2D eigenvalue weighted by Gasteiger charge is 2.28. The van der Waals surface area contributed by atoms with Crippen molar-refractivity contribution in [2.24, 2.45) is 0 Å². The molecule has 24 heavy (non-hydrogen) atoms. The molecule has 1 aromatic carbocycles. The summed E-state index contributed by atoms with van der Waals surface area (Å²) in [6.45, 7) is 3.15. The van der Waals surface area contributed by atoms with Crippen molar-refractivity contribution in [3.05, 3.63) is 42.1 Å². The maximum absolute atomic E-state index is 12.8. The van der Waals surface area contributed by atoms with Crippen LogP contribution in [0.15, 0.2) is 30.9 Å². The fourth-order valence-corrected chi connectivity index (χ4v) is 3.30. The average molecular weight is 325 g/mol. The van der Waals surface area contributed by atoms with Gasteiger partial charge in [-0.15, -0.1) is 0 Å². The molecule has 1 aliphatic heterocycles. The minimum absolute atomic E-state index is 0.0587. The van der Waals surface area contributed by atoms with E-state index in [1.54, 1.807) is 18.1 Å². The van der Waals surface area contributed by atoms with E-state index in [9.17, 15) is 4.79 Å². The van der Waals surface area contributed by atoms with Crippen molar-refractivity contribution in [3.63, 3.8) is 0 Å². The number of aromatic amines is 1. The maximum atomic E-state index is 12.8. The molecule has 0 unspecified atom stereocenters. The maximum Gasteiger partial charge on any atom is 0.247 e. The number of nitrogens with one attached hydrogen (secondary N) is 1. The number of hydrogen-bond acceptors (Lipinski definition) is 4. The van der Waals surface area contributed by atoms with Crippen LogP contribution in [0.3, 0.4) is 0 Å². The second kappa shape index (κ2) is 5.67. The van der Waals surface area contributed by atoms with Gasteiger partial charge in [0.1, 0.15) is 24.4 Å². The molecular formula is C17H19N5O2. The van der Waals surface area contributed by atoms with E-state index in [0.717, 1.165) is 23.1 Å². The molecule has 7 nitrogen and oxygen atoms in total. The fourth-order valence-electron chi connectivity index (χ4n) is 3.30. The van der Waals surface area contributed by atoms with Crippen LogP contribution >= 0.6 is 0 Å². The van der Waals surface area contributed by atoms with Crippen LogP contribution in [0.1, 0.15) is 24.2 Å². The molecule has 0 spiro atoms. The number of H-pyrrole nitrogens is 1. The van der Waals surface area contributed by atoms with Crippen molar-refractivity contribution < 1.29 is 9.53 Å². The van der Waals surface area contributed by atoms with Crippen molar-refractivity contribution in [1.29, 1.82) is 0 Å². The van der Waals surface area contributed by atoms with E-state index in [4.69, 9.17) is 4.74 Å². The molecule has 0 saturated heterocycles. The van der Waals surface area contributed by atoms with E-state index >= 15 is 0 Å². The van der Waals surface area contributed by atoms with Gasteiger partial charge in [-0.25, -0.2) is 9.67 Å². The number of fused-ring (bicyclic) bond motifs is 3. The third-order valence-electron chi connectivity index (χ3n) is 4.68. The Kier molecular flexibility index (Phi) is 3.48. The van der Waals surface area contributed by atoms with Crippen LogP contribution in [-0.4, -0.2) is 44.2 Å². The van der Waals surface area contributed by atoms with Gasteiger partial charge in [-0.1, -0.05) is 0 Å². The van der Waals surface area contributed by atoms with Crippen molar-refractivity contribution in [2.45, 2.75) is 25.9 Å². The first kappa shape index (κ1) is 14.7. The van der Waals surface area contributed by atoms with Crippen molar-refractivity contribution in [1.82, 2.24) is 24.6 Å². The van der Waals surface area contributed by atoms with Gasteiger partial charge in [-0.2, -0.15) is 5.10 Å². The summed E-state index contributed by atoms with van der Waals surface area (Å²) in [5.74, 6) is 0.882. The molecule has 0 fully saturated rings. The van der Waals surface area contributed by atoms with Crippen LogP contribution in [0.2, 0.25) is 0 Å². The Bertz CT molecular complexity index is 884. The first-order valence-corrected chi connectivity index (χ1v) is 7.97. The number of amides is 1. The highest BCUT2D eigenvalue weighted by molar-refractivity contribution is 5.87. The molecular weight excluding hydrogens is 306 g/mol. The van der Waals surface area contributed by atoms with Crippen LogP contribution in [-0.2, 0) is 17.8 Å². The van der Waals surface area contributed by atoms with Gasteiger partial charge >= 0.3 is 0 Å². The molecule has 2 aromatic heterocycles. The van der Waals surface area contributed by atoms with E-state index in [1.165, 1.54) is 17.6 Å². The first-order valence-electron chi connectivity index (χ1n) is 7.97. The molecule has 0 radical (unpaired) electrons. The summed E-state index contributed by atoms with van der Waals surface area (Å²) in [4.78, 5) is 22.1. The van der Waals surface area contributed by atoms with Crippen molar-refractivity contribution >= 4 is 16.8 Å². The summed E-state index contributed by atoms with van der Waals surface area (Å²) >= 11 is 0. The third kappa shape index (κ3) is 2.33. The van der Waals surface area contributed by atoms with Gasteiger partial charge < -0.3 is 14.6 Å². The minimum atomic E-state index is -0.353. The van der Waals surface area contributed by atoms with Crippen LogP contribution in [0, 0.1) is 0 Å². The summed E-state index contributed by atoms with van der Waals surface area (Å²) in [6, 6.07) is 5.64. The summed E-state index contributed by atoms with van der Waals surface area (Å²) < 4.78 is 6.92. The molecule has 1 aliphatic rings. The molecule has 0 aliphatic carbocycles. The molecule has 7 heteroatoms. The number of rotatable bonds is 3. The van der Waals surface area contributed by atoms with Gasteiger partial charge in [0.05, 0.1) is 7.11 Å². The summed E-state index contributed by atoms with van der Waals surface area (Å²) in [5, 5.41) is 5.19. The molecule has 4 rings (SSSR count). The quantitative estimate of drug-likeness (QED) is 0.798. The van der Waals surface area contributed by atoms with E-state index in [2.05, 4.69) is 15.1 Å². The zero-order chi connectivity index (χ0) is 16.7. The Labute approximate surface area is 139 Å². The lowest BCUT2D eigenvalue weighted by Gasteiger charge is -2.29. The lowest BCUT2D eigenvalue weighted by atomic mass is 10.0. The Balaban J connectivity index is 1.64. The van der Waals surface area contributed by atoms with Crippen LogP contribution in [0.4, 0.5) is 0 Å². The van der Waals surface area contributed by atoms with Gasteiger partial charge in [0.25, 0.3) is 0 Å². The number of ether oxygens (including phenoxy) is 1. The van der Waals surface area contributed by atoms with E-state index in [1.807, 2.05) is 30.0 Å². The molecule has 0 saturated carbocycles. The van der Waals surface area contributed by atoms with Crippen molar-refractivity contribution in [3.8, 4) is 5.75 Å². The van der Waals surface area contributed by atoms with E-state index in [-0.39, 0.29) is 11.9 Å². The summed E-state index contributed by atoms with van der Waals surface area (Å²) in [5.41, 5.74) is 3.46. The van der Waals surface area contributed by atoms with E-state index < -0.39 is 0 Å². The Morgan fingerprint density at radius 1 is 1.42 bits per heavy atom. The molecule has 1 amide bonds. The Morgan fingerprint density at radius 3 is 3.04 bits per heavy atom. The van der Waals surface area contributed by atoms with Crippen LogP contribution in [0.25, 0.3) is 10.9 Å². The Morgan fingerprint density at radius 2 is 2.29 bits per heavy atom. The zero-order valence-electron chi connectivity index (χ0n) is 13.7. The first-order chi connectivity index (χ1) is 11.7. The highest BCUT2D eigenvalue weighted by atomic mass is 16.5. The summed E-state index contributed by atoms with van der Waals surface area (Å²) in [7, 11) is 1.66. The second-order valence-electron chi connectivity index (χ2n) is 6.05. The molecule has 0 bridgehead atoms. The predicted molar refractivity (Wildman–Crippen MR) is 88.7 cm³/mol. The van der Waals surface area contributed by atoms with Crippen LogP contribution in [0.5, 0.6) is 5.75 Å². The number of aromatic nitrogens is 4. The zero-order valence-corrected chi connectivity index (χ0v) is 13.7. The molecule has 1 atom stereocenters. The number of carbonyl (C=O) groups is 1. The SMILES string of the molecule is COc1ccc2[nH]c3c(c2c1)CN(C(=O)[C@H](C)n1cncn1)CC3. The van der Waals surface area contributed by atoms with Gasteiger partial charge in [0.15, 0.2) is 0 Å². The van der Waals surface area contributed by atoms with Crippen molar-refractivity contribution in [2.75, 3.05) is 13.7 Å². The number of carbonyl (C=O) groups excluding carboxylic acids is 1. The Hall–Kier alpha value is -2.83.